The molecule has 0 heterocycles. The maximum atomic E-state index is 12.2. The van der Waals surface area contributed by atoms with Gasteiger partial charge in [0.2, 0.25) is 0 Å². The van der Waals surface area contributed by atoms with E-state index in [9.17, 15) is 13.2 Å². The van der Waals surface area contributed by atoms with Gasteiger partial charge in [-0.3, -0.25) is 0 Å². The van der Waals surface area contributed by atoms with Crippen LogP contribution >= 0.6 is 0 Å². The van der Waals surface area contributed by atoms with Gasteiger partial charge in [-0.15, -0.1) is 0 Å². The van der Waals surface area contributed by atoms with Gasteiger partial charge in [0.25, 0.3) is 0 Å². The topological polar surface area (TPSA) is 12.0 Å². The third-order valence-electron chi connectivity index (χ3n) is 1.93. The van der Waals surface area contributed by atoms with Gasteiger partial charge in [-0.05, 0) is 25.3 Å². The Kier molecular flexibility index (Phi) is 4.23. The van der Waals surface area contributed by atoms with E-state index in [4.69, 9.17) is 0 Å². The molecule has 1 nitrogen and oxygen atoms in total. The van der Waals surface area contributed by atoms with Gasteiger partial charge >= 0.3 is 6.18 Å². The number of hydrogen-bond donors (Lipinski definition) is 1. The predicted octanol–water partition coefficient (Wildman–Crippen LogP) is 2.96. The lowest BCUT2D eigenvalue weighted by Gasteiger charge is -2.24. The van der Waals surface area contributed by atoms with Crippen molar-refractivity contribution >= 4 is 0 Å². The van der Waals surface area contributed by atoms with E-state index in [1.165, 1.54) is 7.05 Å². The van der Waals surface area contributed by atoms with E-state index in [0.717, 1.165) is 0 Å². The van der Waals surface area contributed by atoms with E-state index in [1.807, 2.05) is 20.8 Å². The molecule has 0 aromatic rings. The van der Waals surface area contributed by atoms with Crippen molar-refractivity contribution < 1.29 is 13.2 Å². The Morgan fingerprint density at radius 3 is 1.85 bits per heavy atom. The van der Waals surface area contributed by atoms with Crippen LogP contribution in [0, 0.1) is 5.41 Å². The van der Waals surface area contributed by atoms with Gasteiger partial charge in [0.1, 0.15) is 6.04 Å². The third-order valence-corrected chi connectivity index (χ3v) is 1.93. The van der Waals surface area contributed by atoms with Crippen LogP contribution in [0.4, 0.5) is 13.2 Å². The Morgan fingerprint density at radius 2 is 1.62 bits per heavy atom. The first-order valence-electron chi connectivity index (χ1n) is 4.41. The summed E-state index contributed by atoms with van der Waals surface area (Å²) in [5.74, 6) is 0. The average molecular weight is 197 g/mol. The number of alkyl halides is 3. The van der Waals surface area contributed by atoms with Crippen molar-refractivity contribution in [1.82, 2.24) is 5.32 Å². The quantitative estimate of drug-likeness (QED) is 0.733. The standard InChI is InChI=1S/C9H18F3N/c1-8(2,3)6-5-7(13-4)9(10,11)12/h7,13H,5-6H2,1-4H3. The monoisotopic (exact) mass is 197 g/mol. The molecule has 0 aromatic carbocycles. The van der Waals surface area contributed by atoms with Crippen LogP contribution in [0.3, 0.4) is 0 Å². The zero-order chi connectivity index (χ0) is 10.7. The number of nitrogens with one attached hydrogen (secondary N) is 1. The summed E-state index contributed by atoms with van der Waals surface area (Å²) < 4.78 is 36.7. The molecule has 0 aromatic heterocycles. The molecule has 0 aliphatic rings. The molecule has 0 saturated heterocycles. The van der Waals surface area contributed by atoms with Crippen LogP contribution in [0.5, 0.6) is 0 Å². The molecular weight excluding hydrogens is 179 g/mol. The largest absolute Gasteiger partial charge is 0.403 e. The lowest BCUT2D eigenvalue weighted by atomic mass is 9.88. The highest BCUT2D eigenvalue weighted by Gasteiger charge is 2.38. The van der Waals surface area contributed by atoms with Crippen molar-refractivity contribution in [1.29, 1.82) is 0 Å². The van der Waals surface area contributed by atoms with Crippen LogP contribution in [0.2, 0.25) is 0 Å². The van der Waals surface area contributed by atoms with E-state index >= 15 is 0 Å². The molecule has 0 aliphatic heterocycles. The molecular formula is C9H18F3N. The molecule has 4 heteroatoms. The molecule has 0 radical (unpaired) electrons. The van der Waals surface area contributed by atoms with Crippen molar-refractivity contribution in [2.45, 2.75) is 45.8 Å². The second-order valence-electron chi connectivity index (χ2n) is 4.48. The van der Waals surface area contributed by atoms with E-state index in [2.05, 4.69) is 5.32 Å². The summed E-state index contributed by atoms with van der Waals surface area (Å²) >= 11 is 0. The summed E-state index contributed by atoms with van der Waals surface area (Å²) in [4.78, 5) is 0. The molecule has 0 amide bonds. The Labute approximate surface area is 77.7 Å². The van der Waals surface area contributed by atoms with Crippen LogP contribution < -0.4 is 5.32 Å². The minimum absolute atomic E-state index is 0.0413. The Balaban J connectivity index is 4.02. The minimum Gasteiger partial charge on any atom is -0.309 e. The Morgan fingerprint density at radius 1 is 1.15 bits per heavy atom. The molecule has 0 fully saturated rings. The van der Waals surface area contributed by atoms with Crippen LogP contribution in [0.1, 0.15) is 33.6 Å². The highest BCUT2D eigenvalue weighted by Crippen LogP contribution is 2.28. The molecule has 0 rings (SSSR count). The molecule has 0 spiro atoms. The molecule has 1 N–H and O–H groups in total. The summed E-state index contributed by atoms with van der Waals surface area (Å²) in [5.41, 5.74) is -0.0413. The highest BCUT2D eigenvalue weighted by molar-refractivity contribution is 4.76. The smallest absolute Gasteiger partial charge is 0.309 e. The van der Waals surface area contributed by atoms with Crippen molar-refractivity contribution in [2.24, 2.45) is 5.41 Å². The molecule has 1 unspecified atom stereocenters. The number of halogens is 3. The first kappa shape index (κ1) is 12.8. The van der Waals surface area contributed by atoms with Gasteiger partial charge in [-0.25, -0.2) is 0 Å². The zero-order valence-corrected chi connectivity index (χ0v) is 8.63. The molecule has 1 atom stereocenters. The normalized spacial score (nSPS) is 15.9. The molecule has 0 saturated carbocycles. The SMILES string of the molecule is CNC(CCC(C)(C)C)C(F)(F)F. The second-order valence-corrected chi connectivity index (χ2v) is 4.48. The van der Waals surface area contributed by atoms with E-state index in [0.29, 0.717) is 6.42 Å². The fourth-order valence-corrected chi connectivity index (χ4v) is 1.05. The predicted molar refractivity (Wildman–Crippen MR) is 47.6 cm³/mol. The Bertz CT molecular complexity index is 146. The second kappa shape index (κ2) is 4.31. The molecule has 80 valence electrons. The van der Waals surface area contributed by atoms with Crippen molar-refractivity contribution in [2.75, 3.05) is 7.05 Å². The lowest BCUT2D eigenvalue weighted by molar-refractivity contribution is -0.157. The summed E-state index contributed by atoms with van der Waals surface area (Å²) in [5, 5.41) is 2.29. The lowest BCUT2D eigenvalue weighted by Crippen LogP contribution is -2.40. The van der Waals surface area contributed by atoms with Gasteiger partial charge in [0.15, 0.2) is 0 Å². The van der Waals surface area contributed by atoms with Crippen LogP contribution in [0.25, 0.3) is 0 Å². The summed E-state index contributed by atoms with van der Waals surface area (Å²) in [6, 6.07) is -1.37. The fraction of sp³-hybridized carbons (Fsp3) is 1.00. The Hall–Kier alpha value is -0.250. The highest BCUT2D eigenvalue weighted by atomic mass is 19.4. The van der Waals surface area contributed by atoms with Crippen molar-refractivity contribution in [3.63, 3.8) is 0 Å². The van der Waals surface area contributed by atoms with E-state index in [1.54, 1.807) is 0 Å². The molecule has 0 bridgehead atoms. The van der Waals surface area contributed by atoms with Gasteiger partial charge in [-0.2, -0.15) is 13.2 Å². The maximum absolute atomic E-state index is 12.2. The molecule has 0 aliphatic carbocycles. The van der Waals surface area contributed by atoms with Crippen molar-refractivity contribution in [3.8, 4) is 0 Å². The summed E-state index contributed by atoms with van der Waals surface area (Å²) in [6.07, 6.45) is -3.42. The van der Waals surface area contributed by atoms with Crippen LogP contribution in [-0.4, -0.2) is 19.3 Å². The van der Waals surface area contributed by atoms with E-state index in [-0.39, 0.29) is 11.8 Å². The summed E-state index contributed by atoms with van der Waals surface area (Å²) in [7, 11) is 1.35. The van der Waals surface area contributed by atoms with Crippen LogP contribution in [0.15, 0.2) is 0 Å². The van der Waals surface area contributed by atoms with Gasteiger partial charge in [0, 0.05) is 0 Å². The third kappa shape index (κ3) is 5.91. The minimum atomic E-state index is -4.12. The molecule has 13 heavy (non-hydrogen) atoms. The number of hydrogen-bond acceptors (Lipinski definition) is 1. The maximum Gasteiger partial charge on any atom is 0.403 e. The summed E-state index contributed by atoms with van der Waals surface area (Å²) in [6.45, 7) is 5.82. The van der Waals surface area contributed by atoms with Gasteiger partial charge < -0.3 is 5.32 Å². The van der Waals surface area contributed by atoms with E-state index < -0.39 is 12.2 Å². The van der Waals surface area contributed by atoms with Crippen LogP contribution in [-0.2, 0) is 0 Å². The average Bonchev–Trinajstić information content (AvgIpc) is 1.82. The van der Waals surface area contributed by atoms with Crippen molar-refractivity contribution in [3.05, 3.63) is 0 Å². The fourth-order valence-electron chi connectivity index (χ4n) is 1.05. The first-order valence-corrected chi connectivity index (χ1v) is 4.41. The van der Waals surface area contributed by atoms with Gasteiger partial charge in [0.05, 0.1) is 0 Å². The zero-order valence-electron chi connectivity index (χ0n) is 8.63. The van der Waals surface area contributed by atoms with Gasteiger partial charge in [-0.1, -0.05) is 20.8 Å². The number of rotatable bonds is 3. The first-order chi connectivity index (χ1) is 5.67.